The van der Waals surface area contributed by atoms with Crippen LogP contribution in [-0.4, -0.2) is 50.8 Å². The fourth-order valence-corrected chi connectivity index (χ4v) is 2.71. The van der Waals surface area contributed by atoms with Crippen LogP contribution in [0.1, 0.15) is 31.4 Å². The zero-order chi connectivity index (χ0) is 15.8. The summed E-state index contributed by atoms with van der Waals surface area (Å²) in [5, 5.41) is 3.36. The molecule has 0 spiro atoms. The molecular weight excluding hydrogens is 280 g/mol. The number of carbonyl (C=O) groups is 1. The zero-order valence-corrected chi connectivity index (χ0v) is 13.5. The van der Waals surface area contributed by atoms with Crippen molar-refractivity contribution in [3.63, 3.8) is 0 Å². The number of unbranched alkanes of at least 4 members (excludes halogenated alkanes) is 1. The number of hydrogen-bond donors (Lipinski definition) is 1. The molecule has 1 saturated heterocycles. The number of rotatable bonds is 7. The summed E-state index contributed by atoms with van der Waals surface area (Å²) in [4.78, 5) is 14.4. The first-order valence-corrected chi connectivity index (χ1v) is 7.98. The Kier molecular flexibility index (Phi) is 6.68. The van der Waals surface area contributed by atoms with E-state index in [0.29, 0.717) is 13.2 Å². The normalized spacial score (nSPS) is 18.3. The average Bonchev–Trinajstić information content (AvgIpc) is 2.58. The highest BCUT2D eigenvalue weighted by atomic mass is 16.5. The van der Waals surface area contributed by atoms with Gasteiger partial charge in [0, 0.05) is 31.8 Å². The van der Waals surface area contributed by atoms with Gasteiger partial charge in [0.05, 0.1) is 13.2 Å². The minimum absolute atomic E-state index is 0.00725. The highest BCUT2D eigenvalue weighted by Gasteiger charge is 2.29. The number of amides is 1. The first kappa shape index (κ1) is 16.8. The second-order valence-corrected chi connectivity index (χ2v) is 5.46. The number of benzene rings is 1. The lowest BCUT2D eigenvalue weighted by molar-refractivity contribution is -0.139. The average molecular weight is 306 g/mol. The molecule has 1 amide bonds. The number of ether oxygens (including phenoxy) is 2. The van der Waals surface area contributed by atoms with Crippen molar-refractivity contribution in [3.05, 3.63) is 29.8 Å². The molecule has 5 nitrogen and oxygen atoms in total. The second kappa shape index (κ2) is 8.76. The molecule has 0 bridgehead atoms. The molecule has 2 rings (SSSR count). The third-order valence-electron chi connectivity index (χ3n) is 3.93. The van der Waals surface area contributed by atoms with E-state index in [-0.39, 0.29) is 18.6 Å². The third-order valence-corrected chi connectivity index (χ3v) is 3.93. The Morgan fingerprint density at radius 2 is 2.23 bits per heavy atom. The fraction of sp³-hybridized carbons (Fsp3) is 0.588. The number of piperazine rings is 1. The van der Waals surface area contributed by atoms with Gasteiger partial charge in [-0.3, -0.25) is 4.79 Å². The fourth-order valence-electron chi connectivity index (χ4n) is 2.71. The molecule has 0 aliphatic carbocycles. The maximum absolute atomic E-state index is 12.5. The predicted molar refractivity (Wildman–Crippen MR) is 86.0 cm³/mol. The van der Waals surface area contributed by atoms with E-state index < -0.39 is 0 Å². The van der Waals surface area contributed by atoms with Gasteiger partial charge in [0.25, 0.3) is 0 Å². The molecule has 1 heterocycles. The largest absolute Gasteiger partial charge is 0.496 e. The number of methoxy groups -OCH3 is 1. The lowest BCUT2D eigenvalue weighted by Gasteiger charge is -2.37. The van der Waals surface area contributed by atoms with Crippen molar-refractivity contribution in [1.29, 1.82) is 0 Å². The van der Waals surface area contributed by atoms with Crippen LogP contribution in [0.25, 0.3) is 0 Å². The van der Waals surface area contributed by atoms with Gasteiger partial charge in [-0.05, 0) is 12.5 Å². The maximum Gasteiger partial charge on any atom is 0.249 e. The summed E-state index contributed by atoms with van der Waals surface area (Å²) >= 11 is 0. The van der Waals surface area contributed by atoms with Crippen molar-refractivity contribution >= 4 is 5.91 Å². The zero-order valence-electron chi connectivity index (χ0n) is 13.5. The lowest BCUT2D eigenvalue weighted by Crippen LogP contribution is -2.49. The Hall–Kier alpha value is -1.59. The summed E-state index contributed by atoms with van der Waals surface area (Å²) in [6, 6.07) is 7.87. The van der Waals surface area contributed by atoms with Crippen LogP contribution >= 0.6 is 0 Å². The van der Waals surface area contributed by atoms with Crippen molar-refractivity contribution in [2.75, 3.05) is 40.0 Å². The molecule has 22 heavy (non-hydrogen) atoms. The van der Waals surface area contributed by atoms with Gasteiger partial charge in [-0.1, -0.05) is 31.5 Å². The van der Waals surface area contributed by atoms with Crippen LogP contribution in [0.2, 0.25) is 0 Å². The van der Waals surface area contributed by atoms with Crippen molar-refractivity contribution in [2.45, 2.75) is 25.8 Å². The summed E-state index contributed by atoms with van der Waals surface area (Å²) in [6.45, 7) is 5.16. The van der Waals surface area contributed by atoms with Gasteiger partial charge in [0.2, 0.25) is 5.91 Å². The highest BCUT2D eigenvalue weighted by Crippen LogP contribution is 2.30. The Labute approximate surface area is 132 Å². The molecule has 1 N–H and O–H groups in total. The molecule has 1 unspecified atom stereocenters. The van der Waals surface area contributed by atoms with Gasteiger partial charge in [-0.15, -0.1) is 0 Å². The maximum atomic E-state index is 12.5. The van der Waals surface area contributed by atoms with Crippen molar-refractivity contribution in [3.8, 4) is 5.75 Å². The molecule has 0 aromatic heterocycles. The summed E-state index contributed by atoms with van der Waals surface area (Å²) in [7, 11) is 1.66. The van der Waals surface area contributed by atoms with E-state index >= 15 is 0 Å². The minimum atomic E-state index is -0.00725. The van der Waals surface area contributed by atoms with Gasteiger partial charge < -0.3 is 19.7 Å². The molecule has 1 aromatic carbocycles. The molecule has 0 saturated carbocycles. The van der Waals surface area contributed by atoms with Crippen LogP contribution in [0, 0.1) is 0 Å². The Morgan fingerprint density at radius 1 is 1.41 bits per heavy atom. The SMILES string of the molecule is CCCCOCC(=O)N1CCNCC1c1ccccc1OC. The van der Waals surface area contributed by atoms with Crippen LogP contribution in [0.15, 0.2) is 24.3 Å². The number of nitrogens with one attached hydrogen (secondary N) is 1. The van der Waals surface area contributed by atoms with Gasteiger partial charge in [-0.2, -0.15) is 0 Å². The topological polar surface area (TPSA) is 50.8 Å². The third kappa shape index (κ3) is 4.21. The van der Waals surface area contributed by atoms with Crippen molar-refractivity contribution < 1.29 is 14.3 Å². The Morgan fingerprint density at radius 3 is 3.00 bits per heavy atom. The molecule has 1 aliphatic rings. The number of carbonyl (C=O) groups excluding carboxylic acids is 1. The van der Waals surface area contributed by atoms with Gasteiger partial charge in [0.15, 0.2) is 0 Å². The molecule has 5 heteroatoms. The Balaban J connectivity index is 2.06. The number of hydrogen-bond acceptors (Lipinski definition) is 4. The van der Waals surface area contributed by atoms with E-state index in [9.17, 15) is 4.79 Å². The van der Waals surface area contributed by atoms with Crippen LogP contribution in [0.4, 0.5) is 0 Å². The van der Waals surface area contributed by atoms with Gasteiger partial charge in [0.1, 0.15) is 12.4 Å². The number of nitrogens with zero attached hydrogens (tertiary/aromatic N) is 1. The smallest absolute Gasteiger partial charge is 0.249 e. The van der Waals surface area contributed by atoms with Gasteiger partial charge in [-0.25, -0.2) is 0 Å². The van der Waals surface area contributed by atoms with E-state index in [0.717, 1.165) is 37.2 Å². The molecule has 1 aliphatic heterocycles. The van der Waals surface area contributed by atoms with Gasteiger partial charge >= 0.3 is 0 Å². The summed E-state index contributed by atoms with van der Waals surface area (Å²) in [5.41, 5.74) is 1.04. The minimum Gasteiger partial charge on any atom is -0.496 e. The molecular formula is C17H26N2O3. The monoisotopic (exact) mass is 306 g/mol. The van der Waals surface area contributed by atoms with Crippen molar-refractivity contribution in [2.24, 2.45) is 0 Å². The Bertz CT molecular complexity index is 479. The van der Waals surface area contributed by atoms with E-state index in [1.165, 1.54) is 0 Å². The molecule has 1 fully saturated rings. The van der Waals surface area contributed by atoms with E-state index in [1.807, 2.05) is 29.2 Å². The molecule has 1 aromatic rings. The standard InChI is InChI=1S/C17H26N2O3/c1-3-4-11-22-13-17(20)19-10-9-18-12-15(19)14-7-5-6-8-16(14)21-2/h5-8,15,18H,3-4,9-13H2,1-2H3. The first-order valence-electron chi connectivity index (χ1n) is 7.98. The van der Waals surface area contributed by atoms with E-state index in [1.54, 1.807) is 7.11 Å². The summed E-state index contributed by atoms with van der Waals surface area (Å²) < 4.78 is 10.9. The second-order valence-electron chi connectivity index (χ2n) is 5.46. The van der Waals surface area contributed by atoms with Crippen LogP contribution in [0.5, 0.6) is 5.75 Å². The van der Waals surface area contributed by atoms with Crippen LogP contribution < -0.4 is 10.1 Å². The summed E-state index contributed by atoms with van der Waals surface area (Å²) in [5.74, 6) is 0.870. The van der Waals surface area contributed by atoms with Crippen LogP contribution in [0.3, 0.4) is 0 Å². The highest BCUT2D eigenvalue weighted by molar-refractivity contribution is 5.78. The molecule has 0 radical (unpaired) electrons. The van der Waals surface area contributed by atoms with Crippen LogP contribution in [-0.2, 0) is 9.53 Å². The quantitative estimate of drug-likeness (QED) is 0.783. The first-order chi connectivity index (χ1) is 10.8. The molecule has 122 valence electrons. The lowest BCUT2D eigenvalue weighted by atomic mass is 10.0. The molecule has 1 atom stereocenters. The van der Waals surface area contributed by atoms with E-state index in [4.69, 9.17) is 9.47 Å². The predicted octanol–water partition coefficient (Wildman–Crippen LogP) is 1.98. The van der Waals surface area contributed by atoms with E-state index in [2.05, 4.69) is 12.2 Å². The van der Waals surface area contributed by atoms with Crippen molar-refractivity contribution in [1.82, 2.24) is 10.2 Å². The summed E-state index contributed by atoms with van der Waals surface area (Å²) in [6.07, 6.45) is 2.07. The number of para-hydroxylation sites is 1.